The van der Waals surface area contributed by atoms with Crippen molar-refractivity contribution in [1.82, 2.24) is 0 Å². The summed E-state index contributed by atoms with van der Waals surface area (Å²) in [5.74, 6) is 0. The molecule has 1 aromatic carbocycles. The Morgan fingerprint density at radius 1 is 1.44 bits per heavy atom. The first-order valence-corrected chi connectivity index (χ1v) is 6.34. The lowest BCUT2D eigenvalue weighted by atomic mass is 10.2. The summed E-state index contributed by atoms with van der Waals surface area (Å²) in [4.78, 5) is 9.03. The molecule has 0 atom stereocenters. The molecule has 0 aliphatic rings. The average molecular weight is 296 g/mol. The topological polar surface area (TPSA) is 133 Å². The van der Waals surface area contributed by atoms with Gasteiger partial charge in [-0.1, -0.05) is 11.6 Å². The third-order valence-electron chi connectivity index (χ3n) is 1.94. The molecule has 1 aromatic rings. The Morgan fingerprint density at radius 2 is 2.06 bits per heavy atom. The second kappa shape index (κ2) is 5.48. The highest BCUT2D eigenvalue weighted by Gasteiger charge is 2.20. The van der Waals surface area contributed by atoms with Crippen molar-refractivity contribution >= 4 is 33.1 Å². The quantitative estimate of drug-likeness (QED) is 0.460. The van der Waals surface area contributed by atoms with Crippen LogP contribution in [0.5, 0.6) is 0 Å². The van der Waals surface area contributed by atoms with E-state index in [9.17, 15) is 23.1 Å². The Balaban J connectivity index is 3.39. The molecule has 0 amide bonds. The van der Waals surface area contributed by atoms with Crippen LogP contribution in [0, 0.1) is 10.1 Å². The molecule has 0 unspecified atom stereocenters. The maximum atomic E-state index is 10.8. The number of halogens is 1. The van der Waals surface area contributed by atoms with Crippen molar-refractivity contribution < 1.29 is 23.0 Å². The second-order valence-corrected chi connectivity index (χ2v) is 4.92. The van der Waals surface area contributed by atoms with Gasteiger partial charge >= 0.3 is 0 Å². The van der Waals surface area contributed by atoms with E-state index in [1.54, 1.807) is 0 Å². The molecule has 0 fully saturated rings. The summed E-state index contributed by atoms with van der Waals surface area (Å²) in [6.07, 6.45) is 0. The van der Waals surface area contributed by atoms with Gasteiger partial charge in [0, 0.05) is 12.6 Å². The predicted molar refractivity (Wildman–Crippen MR) is 61.6 cm³/mol. The van der Waals surface area contributed by atoms with Crippen LogP contribution in [0.3, 0.4) is 0 Å². The van der Waals surface area contributed by atoms with E-state index >= 15 is 0 Å². The first-order valence-electron chi connectivity index (χ1n) is 4.56. The van der Waals surface area contributed by atoms with Gasteiger partial charge in [-0.25, -0.2) is 8.42 Å². The van der Waals surface area contributed by atoms with E-state index in [2.05, 4.69) is 5.32 Å². The first kappa shape index (κ1) is 14.6. The number of benzene rings is 1. The number of aliphatic hydroxyl groups excluding tert-OH is 1. The Kier molecular flexibility index (Phi) is 4.46. The summed E-state index contributed by atoms with van der Waals surface area (Å²) in [6.45, 7) is -0.267. The molecule has 0 aliphatic heterocycles. The molecule has 18 heavy (non-hydrogen) atoms. The Morgan fingerprint density at radius 3 is 2.50 bits per heavy atom. The predicted octanol–water partition coefficient (Wildman–Crippen LogP) is 0.556. The minimum Gasteiger partial charge on any atom is -0.744 e. The molecule has 0 spiro atoms. The van der Waals surface area contributed by atoms with Crippen LogP contribution in [0.1, 0.15) is 0 Å². The molecule has 8 nitrogen and oxygen atoms in total. The lowest BCUT2D eigenvalue weighted by Gasteiger charge is -2.12. The van der Waals surface area contributed by atoms with Gasteiger partial charge in [0.05, 0.1) is 21.4 Å². The van der Waals surface area contributed by atoms with Crippen molar-refractivity contribution in [2.45, 2.75) is 4.90 Å². The summed E-state index contributed by atoms with van der Waals surface area (Å²) in [5, 5.41) is 21.4. The minimum atomic E-state index is -4.89. The summed E-state index contributed by atoms with van der Waals surface area (Å²) < 4.78 is 32.5. The number of aliphatic hydroxyl groups is 1. The number of nitro groups is 1. The molecule has 0 bridgehead atoms. The molecule has 0 heterocycles. The monoisotopic (exact) mass is 295 g/mol. The van der Waals surface area contributed by atoms with Gasteiger partial charge in [0.2, 0.25) is 0 Å². The van der Waals surface area contributed by atoms with Crippen LogP contribution in [0.15, 0.2) is 17.0 Å². The lowest BCUT2D eigenvalue weighted by molar-refractivity contribution is -0.384. The van der Waals surface area contributed by atoms with Crippen molar-refractivity contribution in [1.29, 1.82) is 0 Å². The molecule has 0 aliphatic carbocycles. The van der Waals surface area contributed by atoms with Gasteiger partial charge in [0.15, 0.2) is 0 Å². The molecular weight excluding hydrogens is 288 g/mol. The van der Waals surface area contributed by atoms with Crippen molar-refractivity contribution in [2.75, 3.05) is 18.5 Å². The van der Waals surface area contributed by atoms with Crippen LogP contribution in [0.25, 0.3) is 0 Å². The molecule has 100 valence electrons. The summed E-state index contributed by atoms with van der Waals surface area (Å²) in [6, 6.07) is 1.55. The number of nitrogens with zero attached hydrogens (tertiary/aromatic N) is 1. The number of nitrogens with one attached hydrogen (secondary N) is 1. The fourth-order valence-corrected chi connectivity index (χ4v) is 2.22. The van der Waals surface area contributed by atoms with Crippen LogP contribution >= 0.6 is 11.6 Å². The highest BCUT2D eigenvalue weighted by molar-refractivity contribution is 7.85. The van der Waals surface area contributed by atoms with E-state index in [4.69, 9.17) is 16.7 Å². The fraction of sp³-hybridized carbons (Fsp3) is 0.250. The van der Waals surface area contributed by atoms with Crippen LogP contribution in [0.4, 0.5) is 11.4 Å². The Bertz CT molecular complexity index is 573. The molecule has 0 radical (unpaired) electrons. The summed E-state index contributed by atoms with van der Waals surface area (Å²) in [5.41, 5.74) is -0.686. The molecule has 1 rings (SSSR count). The molecule has 0 saturated carbocycles. The van der Waals surface area contributed by atoms with Gasteiger partial charge in [0.25, 0.3) is 5.69 Å². The van der Waals surface area contributed by atoms with Crippen molar-refractivity contribution in [3.8, 4) is 0 Å². The third kappa shape index (κ3) is 3.29. The number of hydrogen-bond acceptors (Lipinski definition) is 7. The normalized spacial score (nSPS) is 11.3. The zero-order chi connectivity index (χ0) is 13.9. The second-order valence-electron chi connectivity index (χ2n) is 3.16. The van der Waals surface area contributed by atoms with Crippen molar-refractivity contribution in [3.63, 3.8) is 0 Å². The van der Waals surface area contributed by atoms with Crippen molar-refractivity contribution in [2.24, 2.45) is 0 Å². The zero-order valence-corrected chi connectivity index (χ0v) is 10.4. The van der Waals surface area contributed by atoms with Gasteiger partial charge < -0.3 is 15.0 Å². The van der Waals surface area contributed by atoms with E-state index in [1.165, 1.54) is 0 Å². The number of anilines is 1. The standard InChI is InChI=1S/C8H9ClN2O6S/c9-5-3-6(10-1-2-12)7(11(13)14)4-8(5)18(15,16)17/h3-4,10,12H,1-2H2,(H,15,16,17)/p-1. The average Bonchev–Trinajstić information content (AvgIpc) is 2.23. The van der Waals surface area contributed by atoms with Gasteiger partial charge in [-0.2, -0.15) is 0 Å². The van der Waals surface area contributed by atoms with Crippen LogP contribution < -0.4 is 5.32 Å². The Labute approximate surface area is 107 Å². The fourth-order valence-electron chi connectivity index (χ4n) is 1.22. The summed E-state index contributed by atoms with van der Waals surface area (Å²) in [7, 11) is -4.89. The highest BCUT2D eigenvalue weighted by Crippen LogP contribution is 2.33. The van der Waals surface area contributed by atoms with E-state index in [-0.39, 0.29) is 18.8 Å². The van der Waals surface area contributed by atoms with E-state index in [1.807, 2.05) is 0 Å². The van der Waals surface area contributed by atoms with E-state index < -0.39 is 30.6 Å². The van der Waals surface area contributed by atoms with Gasteiger partial charge in [-0.05, 0) is 6.07 Å². The van der Waals surface area contributed by atoms with Gasteiger partial charge in [-0.3, -0.25) is 10.1 Å². The smallest absolute Gasteiger partial charge is 0.293 e. The largest absolute Gasteiger partial charge is 0.744 e. The van der Waals surface area contributed by atoms with E-state index in [0.717, 1.165) is 6.07 Å². The lowest BCUT2D eigenvalue weighted by Crippen LogP contribution is -2.09. The Hall–Kier alpha value is -1.42. The van der Waals surface area contributed by atoms with Gasteiger partial charge in [-0.15, -0.1) is 0 Å². The molecular formula is C8H8ClN2O6S-. The molecule has 2 N–H and O–H groups in total. The zero-order valence-electron chi connectivity index (χ0n) is 8.79. The maximum absolute atomic E-state index is 10.8. The molecule has 0 saturated heterocycles. The van der Waals surface area contributed by atoms with Crippen LogP contribution in [-0.2, 0) is 10.1 Å². The van der Waals surface area contributed by atoms with Crippen LogP contribution in [0.2, 0.25) is 5.02 Å². The SMILES string of the molecule is O=[N+]([O-])c1cc(S(=O)(=O)[O-])c(Cl)cc1NCCO. The maximum Gasteiger partial charge on any atom is 0.293 e. The highest BCUT2D eigenvalue weighted by atomic mass is 35.5. The molecule has 10 heteroatoms. The number of rotatable bonds is 5. The molecule has 0 aromatic heterocycles. The summed E-state index contributed by atoms with van der Waals surface area (Å²) >= 11 is 5.57. The third-order valence-corrected chi connectivity index (χ3v) is 3.24. The number of nitro benzene ring substituents is 1. The van der Waals surface area contributed by atoms with Crippen molar-refractivity contribution in [3.05, 3.63) is 27.3 Å². The van der Waals surface area contributed by atoms with Crippen LogP contribution in [-0.4, -0.2) is 36.2 Å². The number of hydrogen-bond donors (Lipinski definition) is 2. The van der Waals surface area contributed by atoms with E-state index in [0.29, 0.717) is 6.07 Å². The van der Waals surface area contributed by atoms with Gasteiger partial charge in [0.1, 0.15) is 15.8 Å². The first-order chi connectivity index (χ1) is 8.27. The minimum absolute atomic E-state index is 0.0145.